The molecule has 3 N–H and O–H groups in total. The Morgan fingerprint density at radius 2 is 1.87 bits per heavy atom. The molecule has 3 atom stereocenters. The zero-order valence-corrected chi connectivity index (χ0v) is 18.3. The first-order valence-electron chi connectivity index (χ1n) is 11.1. The molecule has 0 aliphatic heterocycles. The van der Waals surface area contributed by atoms with E-state index in [0.29, 0.717) is 5.56 Å². The van der Waals surface area contributed by atoms with E-state index >= 15 is 0 Å². The van der Waals surface area contributed by atoms with Gasteiger partial charge >= 0.3 is 0 Å². The summed E-state index contributed by atoms with van der Waals surface area (Å²) in [7, 11) is 0. The Bertz CT molecular complexity index is 883. The van der Waals surface area contributed by atoms with E-state index in [1.54, 1.807) is 0 Å². The molecule has 0 aromatic heterocycles. The molecule has 0 saturated carbocycles. The van der Waals surface area contributed by atoms with Gasteiger partial charge in [-0.2, -0.15) is 0 Å². The summed E-state index contributed by atoms with van der Waals surface area (Å²) in [6.45, 7) is 3.77. The number of rotatable bonds is 8. The monoisotopic (exact) mass is 430 g/mol. The lowest BCUT2D eigenvalue weighted by atomic mass is 9.95. The third-order valence-electron chi connectivity index (χ3n) is 5.99. The normalized spacial score (nSPS) is 18.0. The van der Waals surface area contributed by atoms with Crippen LogP contribution in [0, 0.1) is 11.6 Å². The van der Waals surface area contributed by atoms with Crippen molar-refractivity contribution in [2.24, 2.45) is 0 Å². The van der Waals surface area contributed by atoms with Gasteiger partial charge < -0.3 is 15.7 Å². The first kappa shape index (κ1) is 23.4. The van der Waals surface area contributed by atoms with Crippen molar-refractivity contribution < 1.29 is 18.7 Å². The Morgan fingerprint density at radius 1 is 1.13 bits per heavy atom. The van der Waals surface area contributed by atoms with Crippen molar-refractivity contribution in [2.75, 3.05) is 6.54 Å². The molecule has 0 bridgehead atoms. The highest BCUT2D eigenvalue weighted by Gasteiger charge is 2.24. The van der Waals surface area contributed by atoms with Gasteiger partial charge in [-0.3, -0.25) is 4.79 Å². The Balaban J connectivity index is 1.72. The molecule has 3 rings (SSSR count). The van der Waals surface area contributed by atoms with Crippen molar-refractivity contribution >= 4 is 5.91 Å². The standard InChI is InChI=1S/C25H32F2N2O2/c1-3-17-8-9-19-6-4-5-7-23(22(19)12-17)28-15-25(31)24(29-16(2)30)13-18-10-20(26)14-21(27)11-18/h8-12,14,23-25,28,31H,3-7,13,15H2,1-2H3,(H,29,30)/t23-,24+,25-/m1/s1. The van der Waals surface area contributed by atoms with Gasteiger partial charge in [0.15, 0.2) is 0 Å². The predicted octanol–water partition coefficient (Wildman–Crippen LogP) is 3.99. The summed E-state index contributed by atoms with van der Waals surface area (Å²) in [6, 6.07) is 9.39. The molecule has 0 saturated heterocycles. The van der Waals surface area contributed by atoms with Crippen LogP contribution in [0.25, 0.3) is 0 Å². The fourth-order valence-corrected chi connectivity index (χ4v) is 4.38. The lowest BCUT2D eigenvalue weighted by Crippen LogP contribution is -2.48. The van der Waals surface area contributed by atoms with Crippen LogP contribution in [-0.4, -0.2) is 29.7 Å². The smallest absolute Gasteiger partial charge is 0.217 e. The lowest BCUT2D eigenvalue weighted by molar-refractivity contribution is -0.120. The fourth-order valence-electron chi connectivity index (χ4n) is 4.38. The summed E-state index contributed by atoms with van der Waals surface area (Å²) in [6.07, 6.45) is 4.47. The molecule has 0 unspecified atom stereocenters. The van der Waals surface area contributed by atoms with Gasteiger partial charge in [0.25, 0.3) is 0 Å². The largest absolute Gasteiger partial charge is 0.390 e. The molecule has 31 heavy (non-hydrogen) atoms. The maximum atomic E-state index is 13.6. The van der Waals surface area contributed by atoms with Crippen molar-refractivity contribution in [1.29, 1.82) is 0 Å². The van der Waals surface area contributed by atoms with Crippen LogP contribution < -0.4 is 10.6 Å². The molecule has 1 amide bonds. The second-order valence-corrected chi connectivity index (χ2v) is 8.45. The molecule has 1 aliphatic rings. The Labute approximate surface area is 183 Å². The van der Waals surface area contributed by atoms with Gasteiger partial charge in [-0.25, -0.2) is 8.78 Å². The predicted molar refractivity (Wildman–Crippen MR) is 118 cm³/mol. The summed E-state index contributed by atoms with van der Waals surface area (Å²) < 4.78 is 27.1. The summed E-state index contributed by atoms with van der Waals surface area (Å²) in [5.41, 5.74) is 4.31. The third-order valence-corrected chi connectivity index (χ3v) is 5.99. The van der Waals surface area contributed by atoms with Crippen molar-refractivity contribution in [3.05, 3.63) is 70.3 Å². The van der Waals surface area contributed by atoms with Gasteiger partial charge in [-0.15, -0.1) is 0 Å². The topological polar surface area (TPSA) is 61.4 Å². The van der Waals surface area contributed by atoms with E-state index in [4.69, 9.17) is 0 Å². The van der Waals surface area contributed by atoms with E-state index in [0.717, 1.165) is 38.2 Å². The Kier molecular flexibility index (Phi) is 8.15. The number of aliphatic hydroxyl groups is 1. The maximum Gasteiger partial charge on any atom is 0.217 e. The number of carbonyl (C=O) groups is 1. The van der Waals surface area contributed by atoms with Crippen molar-refractivity contribution in [2.45, 2.75) is 70.6 Å². The van der Waals surface area contributed by atoms with Crippen LogP contribution in [0.3, 0.4) is 0 Å². The van der Waals surface area contributed by atoms with Crippen molar-refractivity contribution in [1.82, 2.24) is 10.6 Å². The second kappa shape index (κ2) is 10.8. The average Bonchev–Trinajstić information content (AvgIpc) is 2.92. The lowest BCUT2D eigenvalue weighted by Gasteiger charge is -2.27. The third kappa shape index (κ3) is 6.58. The van der Waals surface area contributed by atoms with Crippen LogP contribution >= 0.6 is 0 Å². The average molecular weight is 431 g/mol. The molecule has 2 aromatic rings. The van der Waals surface area contributed by atoms with E-state index in [1.165, 1.54) is 35.7 Å². The fraction of sp³-hybridized carbons (Fsp3) is 0.480. The van der Waals surface area contributed by atoms with Crippen LogP contribution in [0.4, 0.5) is 8.78 Å². The van der Waals surface area contributed by atoms with E-state index in [9.17, 15) is 18.7 Å². The van der Waals surface area contributed by atoms with Crippen molar-refractivity contribution in [3.63, 3.8) is 0 Å². The van der Waals surface area contributed by atoms with Crippen LogP contribution in [-0.2, 0) is 24.1 Å². The molecule has 0 radical (unpaired) electrons. The quantitative estimate of drug-likeness (QED) is 0.555. The number of halogens is 2. The summed E-state index contributed by atoms with van der Waals surface area (Å²) >= 11 is 0. The summed E-state index contributed by atoms with van der Waals surface area (Å²) in [4.78, 5) is 11.7. The number of hydrogen-bond acceptors (Lipinski definition) is 3. The molecule has 168 valence electrons. The van der Waals surface area contributed by atoms with E-state index in [-0.39, 0.29) is 24.9 Å². The highest BCUT2D eigenvalue weighted by Crippen LogP contribution is 2.30. The van der Waals surface area contributed by atoms with Gasteiger partial charge in [0, 0.05) is 25.6 Å². The molecule has 4 nitrogen and oxygen atoms in total. The van der Waals surface area contributed by atoms with Crippen LogP contribution in [0.2, 0.25) is 0 Å². The molecule has 0 heterocycles. The van der Waals surface area contributed by atoms with Crippen molar-refractivity contribution in [3.8, 4) is 0 Å². The molecule has 2 aromatic carbocycles. The van der Waals surface area contributed by atoms with Gasteiger partial charge in [-0.05, 0) is 66.5 Å². The molecule has 1 aliphatic carbocycles. The molecular formula is C25H32F2N2O2. The number of benzene rings is 2. The van der Waals surface area contributed by atoms with Gasteiger partial charge in [0.2, 0.25) is 5.91 Å². The number of nitrogens with one attached hydrogen (secondary N) is 2. The summed E-state index contributed by atoms with van der Waals surface area (Å²) in [5.74, 6) is -1.65. The first-order valence-corrected chi connectivity index (χ1v) is 11.1. The van der Waals surface area contributed by atoms with Gasteiger partial charge in [-0.1, -0.05) is 31.5 Å². The number of hydrogen-bond donors (Lipinski definition) is 3. The minimum atomic E-state index is -0.906. The number of carbonyl (C=O) groups excluding carboxylic acids is 1. The van der Waals surface area contributed by atoms with E-state index < -0.39 is 23.8 Å². The first-order chi connectivity index (χ1) is 14.9. The number of aliphatic hydroxyl groups excluding tert-OH is 1. The summed E-state index contributed by atoms with van der Waals surface area (Å²) in [5, 5.41) is 17.1. The highest BCUT2D eigenvalue weighted by molar-refractivity contribution is 5.73. The molecule has 0 spiro atoms. The minimum Gasteiger partial charge on any atom is -0.390 e. The molecule has 6 heteroatoms. The number of aryl methyl sites for hydroxylation is 2. The van der Waals surface area contributed by atoms with Crippen LogP contribution in [0.15, 0.2) is 36.4 Å². The van der Waals surface area contributed by atoms with E-state index in [2.05, 4.69) is 35.8 Å². The molecule has 0 fully saturated rings. The molecular weight excluding hydrogens is 398 g/mol. The zero-order valence-electron chi connectivity index (χ0n) is 18.3. The Morgan fingerprint density at radius 3 is 2.55 bits per heavy atom. The second-order valence-electron chi connectivity index (χ2n) is 8.45. The van der Waals surface area contributed by atoms with Crippen LogP contribution in [0.5, 0.6) is 0 Å². The number of fused-ring (bicyclic) bond motifs is 1. The van der Waals surface area contributed by atoms with E-state index in [1.807, 2.05) is 0 Å². The van der Waals surface area contributed by atoms with Crippen LogP contribution in [0.1, 0.15) is 61.4 Å². The number of amides is 1. The van der Waals surface area contributed by atoms with Gasteiger partial charge in [0.05, 0.1) is 12.1 Å². The SMILES string of the molecule is CCc1ccc2c(c1)[C@H](NC[C@@H](O)[C@H](Cc1cc(F)cc(F)c1)NC(C)=O)CCCC2. The Hall–Kier alpha value is -2.31. The maximum absolute atomic E-state index is 13.6. The zero-order chi connectivity index (χ0) is 22.4. The highest BCUT2D eigenvalue weighted by atomic mass is 19.1. The minimum absolute atomic E-state index is 0.128. The van der Waals surface area contributed by atoms with Gasteiger partial charge in [0.1, 0.15) is 11.6 Å².